The van der Waals surface area contributed by atoms with Crippen molar-refractivity contribution in [1.82, 2.24) is 14.9 Å². The highest BCUT2D eigenvalue weighted by Gasteiger charge is 2.36. The standard InChI is InChI=1S/C20H22F3N5O2/c1-11-3-5-15(13-4-6-16(25-8-13)20(21,22)23)28(10-11)19(30)18(29)27-14-7-12(2)17(24)26-9-14/h4,6-9,11,15H,3,5,10H2,1-2H3,(H2,24,26)(H,27,29). The number of nitrogens with one attached hydrogen (secondary N) is 1. The number of carbonyl (C=O) groups is 2. The number of nitrogens with zero attached hydrogens (tertiary/aromatic N) is 3. The van der Waals surface area contributed by atoms with Gasteiger partial charge < -0.3 is 16.0 Å². The van der Waals surface area contributed by atoms with Crippen LogP contribution in [0.25, 0.3) is 0 Å². The Morgan fingerprint density at radius 1 is 1.20 bits per heavy atom. The van der Waals surface area contributed by atoms with Gasteiger partial charge in [-0.2, -0.15) is 13.2 Å². The lowest BCUT2D eigenvalue weighted by Gasteiger charge is -2.38. The van der Waals surface area contributed by atoms with Crippen molar-refractivity contribution in [3.63, 3.8) is 0 Å². The minimum Gasteiger partial charge on any atom is -0.383 e. The van der Waals surface area contributed by atoms with E-state index >= 15 is 0 Å². The molecule has 0 radical (unpaired) electrons. The van der Waals surface area contributed by atoms with Gasteiger partial charge in [-0.15, -0.1) is 0 Å². The van der Waals surface area contributed by atoms with Gasteiger partial charge in [-0.3, -0.25) is 14.6 Å². The molecule has 1 aliphatic heterocycles. The highest BCUT2D eigenvalue weighted by molar-refractivity contribution is 6.39. The Bertz CT molecular complexity index is 946. The molecule has 2 aromatic rings. The molecule has 1 fully saturated rings. The SMILES string of the molecule is Cc1cc(NC(=O)C(=O)N2CC(C)CCC2c2ccc(C(F)(F)F)nc2)cnc1N. The summed E-state index contributed by atoms with van der Waals surface area (Å²) < 4.78 is 38.4. The number of pyridine rings is 2. The normalized spacial score (nSPS) is 19.4. The highest BCUT2D eigenvalue weighted by Crippen LogP contribution is 2.35. The van der Waals surface area contributed by atoms with Gasteiger partial charge in [0.25, 0.3) is 0 Å². The van der Waals surface area contributed by atoms with E-state index in [1.807, 2.05) is 6.92 Å². The fourth-order valence-electron chi connectivity index (χ4n) is 3.46. The second kappa shape index (κ2) is 8.29. The summed E-state index contributed by atoms with van der Waals surface area (Å²) in [5, 5.41) is 2.51. The maximum Gasteiger partial charge on any atom is 0.433 e. The number of rotatable bonds is 2. The molecule has 1 saturated heterocycles. The maximum absolute atomic E-state index is 12.9. The summed E-state index contributed by atoms with van der Waals surface area (Å²) in [6, 6.07) is 3.27. The number of hydrogen-bond acceptors (Lipinski definition) is 5. The summed E-state index contributed by atoms with van der Waals surface area (Å²) in [7, 11) is 0. The molecule has 0 bridgehead atoms. The first kappa shape index (κ1) is 21.5. The molecule has 0 saturated carbocycles. The van der Waals surface area contributed by atoms with E-state index in [1.165, 1.54) is 17.2 Å². The Kier molecular flexibility index (Phi) is 5.95. The van der Waals surface area contributed by atoms with Crippen LogP contribution >= 0.6 is 0 Å². The molecule has 3 N–H and O–H groups in total. The number of aryl methyl sites for hydroxylation is 1. The largest absolute Gasteiger partial charge is 0.433 e. The summed E-state index contributed by atoms with van der Waals surface area (Å²) in [5.74, 6) is -1.14. The average molecular weight is 421 g/mol. The van der Waals surface area contributed by atoms with E-state index in [0.29, 0.717) is 35.6 Å². The van der Waals surface area contributed by atoms with Crippen LogP contribution in [-0.2, 0) is 15.8 Å². The van der Waals surface area contributed by atoms with Crippen molar-refractivity contribution in [2.45, 2.75) is 38.9 Å². The third kappa shape index (κ3) is 4.69. The minimum atomic E-state index is -4.54. The number of nitrogens with two attached hydrogens (primary N) is 1. The summed E-state index contributed by atoms with van der Waals surface area (Å²) in [4.78, 5) is 34.3. The molecule has 1 aliphatic rings. The van der Waals surface area contributed by atoms with Gasteiger partial charge in [0, 0.05) is 12.7 Å². The first-order valence-electron chi connectivity index (χ1n) is 9.43. The van der Waals surface area contributed by atoms with Gasteiger partial charge in [0.05, 0.1) is 17.9 Å². The lowest BCUT2D eigenvalue weighted by atomic mass is 9.90. The molecule has 30 heavy (non-hydrogen) atoms. The van der Waals surface area contributed by atoms with Gasteiger partial charge in [0.2, 0.25) is 0 Å². The van der Waals surface area contributed by atoms with Crippen molar-refractivity contribution < 1.29 is 22.8 Å². The van der Waals surface area contributed by atoms with Gasteiger partial charge in [0.15, 0.2) is 0 Å². The van der Waals surface area contributed by atoms with Gasteiger partial charge in [0.1, 0.15) is 11.5 Å². The molecule has 2 aromatic heterocycles. The summed E-state index contributed by atoms with van der Waals surface area (Å²) in [6.45, 7) is 3.99. The molecule has 0 aromatic carbocycles. The van der Waals surface area contributed by atoms with E-state index in [2.05, 4.69) is 15.3 Å². The van der Waals surface area contributed by atoms with E-state index in [9.17, 15) is 22.8 Å². The predicted molar refractivity (Wildman–Crippen MR) is 104 cm³/mol. The molecule has 2 amide bonds. The first-order chi connectivity index (χ1) is 14.1. The van der Waals surface area contributed by atoms with Crippen molar-refractivity contribution in [2.75, 3.05) is 17.6 Å². The zero-order valence-corrected chi connectivity index (χ0v) is 16.5. The Hall–Kier alpha value is -3.17. The second-order valence-electron chi connectivity index (χ2n) is 7.51. The van der Waals surface area contributed by atoms with Crippen molar-refractivity contribution in [2.24, 2.45) is 5.92 Å². The Morgan fingerprint density at radius 2 is 1.93 bits per heavy atom. The fraction of sp³-hybridized carbons (Fsp3) is 0.400. The predicted octanol–water partition coefficient (Wildman–Crippen LogP) is 3.32. The van der Waals surface area contributed by atoms with Gasteiger partial charge in [-0.05, 0) is 48.9 Å². The highest BCUT2D eigenvalue weighted by atomic mass is 19.4. The summed E-state index contributed by atoms with van der Waals surface area (Å²) in [6.07, 6.45) is -0.771. The van der Waals surface area contributed by atoms with Crippen molar-refractivity contribution in [1.29, 1.82) is 0 Å². The smallest absolute Gasteiger partial charge is 0.383 e. The van der Waals surface area contributed by atoms with E-state index in [4.69, 9.17) is 5.73 Å². The molecule has 7 nitrogen and oxygen atoms in total. The van der Waals surface area contributed by atoms with Crippen LogP contribution in [0.5, 0.6) is 0 Å². The first-order valence-corrected chi connectivity index (χ1v) is 9.43. The number of alkyl halides is 3. The number of likely N-dealkylation sites (tertiary alicyclic amines) is 1. The number of anilines is 2. The zero-order valence-electron chi connectivity index (χ0n) is 16.5. The molecule has 10 heteroatoms. The number of hydrogen-bond donors (Lipinski definition) is 2. The molecule has 160 valence electrons. The van der Waals surface area contributed by atoms with Crippen LogP contribution in [-0.4, -0.2) is 33.2 Å². The number of halogens is 3. The van der Waals surface area contributed by atoms with Crippen molar-refractivity contribution in [3.05, 3.63) is 47.4 Å². The summed E-state index contributed by atoms with van der Waals surface area (Å²) in [5.41, 5.74) is 6.10. The zero-order chi connectivity index (χ0) is 22.1. The molecule has 2 unspecified atom stereocenters. The number of piperidine rings is 1. The molecule has 0 aliphatic carbocycles. The van der Waals surface area contributed by atoms with Crippen molar-refractivity contribution in [3.8, 4) is 0 Å². The number of amides is 2. The van der Waals surface area contributed by atoms with Crippen LogP contribution < -0.4 is 11.1 Å². The van der Waals surface area contributed by atoms with Gasteiger partial charge in [-0.1, -0.05) is 13.0 Å². The van der Waals surface area contributed by atoms with Crippen LogP contribution in [0, 0.1) is 12.8 Å². The van der Waals surface area contributed by atoms with E-state index in [1.54, 1.807) is 13.0 Å². The Labute approximate surface area is 171 Å². The van der Waals surface area contributed by atoms with Crippen LogP contribution in [0.1, 0.15) is 42.6 Å². The Balaban J connectivity index is 1.80. The molecular weight excluding hydrogens is 399 g/mol. The molecular formula is C20H22F3N5O2. The maximum atomic E-state index is 12.9. The number of nitrogen functional groups attached to an aromatic ring is 1. The molecule has 3 heterocycles. The lowest BCUT2D eigenvalue weighted by molar-refractivity contribution is -0.146. The van der Waals surface area contributed by atoms with Crippen LogP contribution in [0.3, 0.4) is 0 Å². The van der Waals surface area contributed by atoms with Crippen LogP contribution in [0.4, 0.5) is 24.7 Å². The second-order valence-corrected chi connectivity index (χ2v) is 7.51. The molecule has 3 rings (SSSR count). The third-order valence-corrected chi connectivity index (χ3v) is 5.11. The monoisotopic (exact) mass is 421 g/mol. The Morgan fingerprint density at radius 3 is 2.53 bits per heavy atom. The fourth-order valence-corrected chi connectivity index (χ4v) is 3.46. The minimum absolute atomic E-state index is 0.154. The number of carbonyl (C=O) groups excluding carboxylic acids is 2. The van der Waals surface area contributed by atoms with Crippen molar-refractivity contribution >= 4 is 23.3 Å². The molecule has 2 atom stereocenters. The van der Waals surface area contributed by atoms with Gasteiger partial charge >= 0.3 is 18.0 Å². The summed E-state index contributed by atoms with van der Waals surface area (Å²) >= 11 is 0. The van der Waals surface area contributed by atoms with Crippen LogP contribution in [0.2, 0.25) is 0 Å². The van der Waals surface area contributed by atoms with Gasteiger partial charge in [-0.25, -0.2) is 4.98 Å². The van der Waals surface area contributed by atoms with E-state index in [-0.39, 0.29) is 5.92 Å². The van der Waals surface area contributed by atoms with Crippen LogP contribution in [0.15, 0.2) is 30.6 Å². The molecule has 0 spiro atoms. The quantitative estimate of drug-likeness (QED) is 0.725. The average Bonchev–Trinajstić information content (AvgIpc) is 2.69. The lowest BCUT2D eigenvalue weighted by Crippen LogP contribution is -2.46. The van der Waals surface area contributed by atoms with E-state index < -0.39 is 29.7 Å². The van der Waals surface area contributed by atoms with E-state index in [0.717, 1.165) is 18.7 Å². The topological polar surface area (TPSA) is 101 Å². The number of aromatic nitrogens is 2. The third-order valence-electron chi connectivity index (χ3n) is 5.11.